The van der Waals surface area contributed by atoms with E-state index in [4.69, 9.17) is 5.11 Å². The number of halogens is 4. The van der Waals surface area contributed by atoms with E-state index in [0.717, 1.165) is 19.1 Å². The van der Waals surface area contributed by atoms with Gasteiger partial charge in [-0.15, -0.1) is 5.10 Å². The highest BCUT2D eigenvalue weighted by molar-refractivity contribution is 5.90. The molecule has 11 heteroatoms. The van der Waals surface area contributed by atoms with Gasteiger partial charge in [0.2, 0.25) is 11.9 Å². The van der Waals surface area contributed by atoms with E-state index in [-0.39, 0.29) is 11.1 Å². The number of aromatic nitrogens is 3. The third-order valence-electron chi connectivity index (χ3n) is 2.90. The summed E-state index contributed by atoms with van der Waals surface area (Å²) >= 11 is 0. The van der Waals surface area contributed by atoms with E-state index in [9.17, 15) is 27.2 Å². The molecule has 0 radical (unpaired) electrons. The van der Waals surface area contributed by atoms with Gasteiger partial charge in [-0.25, -0.2) is 9.18 Å². The zero-order valence-electron chi connectivity index (χ0n) is 12.3. The maximum absolute atomic E-state index is 14.1. The van der Waals surface area contributed by atoms with Crippen molar-refractivity contribution >= 4 is 17.8 Å². The highest BCUT2D eigenvalue weighted by Gasteiger charge is 2.38. The van der Waals surface area contributed by atoms with Crippen LogP contribution in [0.3, 0.4) is 0 Å². The average molecular weight is 346 g/mol. The van der Waals surface area contributed by atoms with Gasteiger partial charge in [0.1, 0.15) is 11.5 Å². The number of rotatable bonds is 3. The van der Waals surface area contributed by atoms with Gasteiger partial charge in [0.25, 0.3) is 5.82 Å². The fourth-order valence-electron chi connectivity index (χ4n) is 1.89. The van der Waals surface area contributed by atoms with Crippen LogP contribution in [0.15, 0.2) is 12.1 Å². The Bertz CT molecular complexity index is 829. The van der Waals surface area contributed by atoms with E-state index in [2.05, 4.69) is 10.1 Å². The Labute approximate surface area is 131 Å². The minimum absolute atomic E-state index is 0.0704. The largest absolute Gasteiger partial charge is 0.478 e. The minimum Gasteiger partial charge on any atom is -0.478 e. The minimum atomic E-state index is -4.94. The molecule has 0 bridgehead atoms. The summed E-state index contributed by atoms with van der Waals surface area (Å²) in [4.78, 5) is 25.4. The summed E-state index contributed by atoms with van der Waals surface area (Å²) in [6, 6.07) is 1.65. The van der Waals surface area contributed by atoms with Crippen molar-refractivity contribution in [3.63, 3.8) is 0 Å². The lowest BCUT2D eigenvalue weighted by atomic mass is 10.1. The molecule has 0 saturated heterocycles. The Balaban J connectivity index is 2.71. The highest BCUT2D eigenvalue weighted by Crippen LogP contribution is 2.29. The number of amides is 1. The van der Waals surface area contributed by atoms with Crippen LogP contribution in [0.25, 0.3) is 5.69 Å². The third-order valence-corrected chi connectivity index (χ3v) is 2.90. The van der Waals surface area contributed by atoms with Crippen LogP contribution in [0, 0.1) is 12.7 Å². The molecule has 24 heavy (non-hydrogen) atoms. The summed E-state index contributed by atoms with van der Waals surface area (Å²) in [6.45, 7) is 2.34. The first-order chi connectivity index (χ1) is 11.0. The van der Waals surface area contributed by atoms with Crippen LogP contribution in [0.2, 0.25) is 0 Å². The SMILES string of the molecule is CC(=O)Nc1nc(C(F)(F)F)nn1-c1cc(C(=O)O)c(C)cc1F. The molecule has 0 atom stereocenters. The molecule has 1 aromatic heterocycles. The van der Waals surface area contributed by atoms with Crippen LogP contribution in [0.1, 0.15) is 28.7 Å². The predicted molar refractivity (Wildman–Crippen MR) is 72.3 cm³/mol. The molecule has 1 heterocycles. The van der Waals surface area contributed by atoms with Crippen molar-refractivity contribution in [1.82, 2.24) is 14.8 Å². The van der Waals surface area contributed by atoms with E-state index in [0.29, 0.717) is 4.68 Å². The van der Waals surface area contributed by atoms with Gasteiger partial charge in [-0.05, 0) is 24.6 Å². The lowest BCUT2D eigenvalue weighted by molar-refractivity contribution is -0.144. The van der Waals surface area contributed by atoms with E-state index in [1.165, 1.54) is 6.92 Å². The van der Waals surface area contributed by atoms with Crippen LogP contribution in [-0.4, -0.2) is 31.7 Å². The lowest BCUT2D eigenvalue weighted by Gasteiger charge is -2.09. The first-order valence-electron chi connectivity index (χ1n) is 6.36. The van der Waals surface area contributed by atoms with Crippen LogP contribution in [-0.2, 0) is 11.0 Å². The molecular weight excluding hydrogens is 336 g/mol. The van der Waals surface area contributed by atoms with Gasteiger partial charge in [-0.2, -0.15) is 22.8 Å². The number of hydrogen-bond acceptors (Lipinski definition) is 4. The number of alkyl halides is 3. The van der Waals surface area contributed by atoms with Crippen molar-refractivity contribution < 1.29 is 32.3 Å². The fourth-order valence-corrected chi connectivity index (χ4v) is 1.89. The number of hydrogen-bond donors (Lipinski definition) is 2. The molecular formula is C13H10F4N4O3. The smallest absolute Gasteiger partial charge is 0.453 e. The summed E-state index contributed by atoms with van der Waals surface area (Å²) < 4.78 is 52.8. The second-order valence-electron chi connectivity index (χ2n) is 4.77. The molecule has 0 saturated carbocycles. The van der Waals surface area contributed by atoms with Crippen LogP contribution >= 0.6 is 0 Å². The van der Waals surface area contributed by atoms with Crippen LogP contribution in [0.5, 0.6) is 0 Å². The van der Waals surface area contributed by atoms with E-state index >= 15 is 0 Å². The Kier molecular flexibility index (Phi) is 4.28. The molecule has 128 valence electrons. The van der Waals surface area contributed by atoms with Crippen molar-refractivity contribution in [3.05, 3.63) is 34.9 Å². The number of carboxylic acid groups (broad SMARTS) is 1. The Morgan fingerprint density at radius 1 is 1.29 bits per heavy atom. The lowest BCUT2D eigenvalue weighted by Crippen LogP contribution is -2.14. The average Bonchev–Trinajstić information content (AvgIpc) is 2.81. The normalized spacial score (nSPS) is 11.4. The second-order valence-corrected chi connectivity index (χ2v) is 4.77. The second kappa shape index (κ2) is 5.91. The number of nitrogens with zero attached hydrogens (tertiary/aromatic N) is 3. The number of carbonyl (C=O) groups excluding carboxylic acids is 1. The molecule has 0 aliphatic carbocycles. The topological polar surface area (TPSA) is 97.1 Å². The molecule has 7 nitrogen and oxygen atoms in total. The molecule has 2 rings (SSSR count). The van der Waals surface area contributed by atoms with Crippen molar-refractivity contribution in [2.75, 3.05) is 5.32 Å². The number of aromatic carboxylic acids is 1. The molecule has 0 aliphatic rings. The summed E-state index contributed by atoms with van der Waals surface area (Å²) in [5, 5.41) is 14.2. The van der Waals surface area contributed by atoms with Gasteiger partial charge < -0.3 is 5.11 Å². The van der Waals surface area contributed by atoms with E-state index in [1.807, 2.05) is 5.32 Å². The maximum Gasteiger partial charge on any atom is 0.453 e. The number of carboxylic acids is 1. The van der Waals surface area contributed by atoms with E-state index in [1.54, 1.807) is 0 Å². The standard InChI is InChI=1S/C13H10F4N4O3/c1-5-3-8(14)9(4-7(5)10(23)24)21-12(18-6(2)22)19-11(20-21)13(15,16)17/h3-4H,1-2H3,(H,23,24)(H,18,19,20,22). The van der Waals surface area contributed by atoms with Gasteiger partial charge in [-0.1, -0.05) is 0 Å². The third kappa shape index (κ3) is 3.34. The quantitative estimate of drug-likeness (QED) is 0.832. The Morgan fingerprint density at radius 3 is 2.42 bits per heavy atom. The highest BCUT2D eigenvalue weighted by atomic mass is 19.4. The first-order valence-corrected chi connectivity index (χ1v) is 6.36. The predicted octanol–water partition coefficient (Wildman–Crippen LogP) is 2.39. The molecule has 0 unspecified atom stereocenters. The van der Waals surface area contributed by atoms with Gasteiger partial charge in [0, 0.05) is 6.92 Å². The number of aryl methyl sites for hydroxylation is 1. The van der Waals surface area contributed by atoms with Gasteiger partial charge in [0.15, 0.2) is 0 Å². The molecule has 1 aromatic carbocycles. The molecule has 2 aromatic rings. The van der Waals surface area contributed by atoms with Gasteiger partial charge in [-0.3, -0.25) is 10.1 Å². The zero-order chi connectivity index (χ0) is 18.2. The van der Waals surface area contributed by atoms with Crippen molar-refractivity contribution in [2.45, 2.75) is 20.0 Å². The van der Waals surface area contributed by atoms with Gasteiger partial charge in [0.05, 0.1) is 5.56 Å². The fraction of sp³-hybridized carbons (Fsp3) is 0.231. The number of nitrogens with one attached hydrogen (secondary N) is 1. The number of carbonyl (C=O) groups is 2. The molecule has 0 spiro atoms. The molecule has 2 N–H and O–H groups in total. The maximum atomic E-state index is 14.1. The van der Waals surface area contributed by atoms with Gasteiger partial charge >= 0.3 is 12.1 Å². The Morgan fingerprint density at radius 2 is 1.92 bits per heavy atom. The Hall–Kier alpha value is -2.98. The van der Waals surface area contributed by atoms with Crippen LogP contribution < -0.4 is 5.32 Å². The molecule has 0 aliphatic heterocycles. The number of anilines is 1. The van der Waals surface area contributed by atoms with Crippen molar-refractivity contribution in [2.24, 2.45) is 0 Å². The van der Waals surface area contributed by atoms with Crippen LogP contribution in [0.4, 0.5) is 23.5 Å². The molecule has 1 amide bonds. The monoisotopic (exact) mass is 346 g/mol. The van der Waals surface area contributed by atoms with E-state index < -0.39 is 41.3 Å². The summed E-state index contributed by atoms with van der Waals surface area (Å²) in [7, 11) is 0. The molecule has 0 fully saturated rings. The summed E-state index contributed by atoms with van der Waals surface area (Å²) in [6.07, 6.45) is -4.94. The van der Waals surface area contributed by atoms with Crippen molar-refractivity contribution in [3.8, 4) is 5.69 Å². The summed E-state index contributed by atoms with van der Waals surface area (Å²) in [5.74, 6) is -5.48. The first kappa shape index (κ1) is 17.4. The number of benzene rings is 1. The summed E-state index contributed by atoms with van der Waals surface area (Å²) in [5.41, 5.74) is -0.852. The zero-order valence-corrected chi connectivity index (χ0v) is 12.3. The van der Waals surface area contributed by atoms with Crippen molar-refractivity contribution in [1.29, 1.82) is 0 Å².